The Bertz CT molecular complexity index is 633. The predicted octanol–water partition coefficient (Wildman–Crippen LogP) is 4.30. The third-order valence-corrected chi connectivity index (χ3v) is 4.17. The van der Waals surface area contributed by atoms with Crippen molar-refractivity contribution in [3.63, 3.8) is 0 Å². The first-order valence-corrected chi connectivity index (χ1v) is 7.21. The molecule has 1 nitrogen and oxygen atoms in total. The number of hydrogen-bond donors (Lipinski definition) is 1. The monoisotopic (exact) mass is 315 g/mol. The maximum Gasteiger partial charge on any atom is 0.194 e. The Morgan fingerprint density at radius 2 is 1.67 bits per heavy atom. The fourth-order valence-electron chi connectivity index (χ4n) is 1.87. The summed E-state index contributed by atoms with van der Waals surface area (Å²) in [5.74, 6) is -4.04. The summed E-state index contributed by atoms with van der Waals surface area (Å²) in [5.41, 5.74) is 0.0141. The minimum absolute atomic E-state index is 0.0141. The zero-order chi connectivity index (χ0) is 15.4. The molecule has 112 valence electrons. The Hall–Kier alpha value is -1.53. The molecular formula is C15H13F4NS. The predicted molar refractivity (Wildman–Crippen MR) is 75.2 cm³/mol. The van der Waals surface area contributed by atoms with Crippen molar-refractivity contribution in [3.8, 4) is 0 Å². The van der Waals surface area contributed by atoms with Gasteiger partial charge in [-0.2, -0.15) is 0 Å². The largest absolute Gasteiger partial charge is 0.312 e. The maximum absolute atomic E-state index is 13.8. The Kier molecular flexibility index (Phi) is 5.25. The lowest BCUT2D eigenvalue weighted by molar-refractivity contribution is 0.433. The van der Waals surface area contributed by atoms with Crippen molar-refractivity contribution < 1.29 is 17.6 Å². The van der Waals surface area contributed by atoms with Crippen LogP contribution in [-0.4, -0.2) is 12.8 Å². The molecule has 0 heterocycles. The SMILES string of the molecule is CNC(CSc1ccccc1F)c1ccc(F)c(F)c1F. The highest BCUT2D eigenvalue weighted by Crippen LogP contribution is 2.28. The summed E-state index contributed by atoms with van der Waals surface area (Å²) >= 11 is 1.17. The van der Waals surface area contributed by atoms with Crippen LogP contribution in [0.25, 0.3) is 0 Å². The van der Waals surface area contributed by atoms with Crippen molar-refractivity contribution in [1.82, 2.24) is 5.32 Å². The summed E-state index contributed by atoms with van der Waals surface area (Å²) < 4.78 is 53.5. The van der Waals surface area contributed by atoms with Gasteiger partial charge in [-0.1, -0.05) is 18.2 Å². The van der Waals surface area contributed by atoms with E-state index in [2.05, 4.69) is 5.32 Å². The van der Waals surface area contributed by atoms with Crippen molar-refractivity contribution >= 4 is 11.8 Å². The molecule has 0 bridgehead atoms. The lowest BCUT2D eigenvalue weighted by atomic mass is 10.1. The van der Waals surface area contributed by atoms with E-state index in [0.717, 1.165) is 6.07 Å². The van der Waals surface area contributed by atoms with Crippen LogP contribution in [0.4, 0.5) is 17.6 Å². The molecule has 0 amide bonds. The molecular weight excluding hydrogens is 302 g/mol. The van der Waals surface area contributed by atoms with E-state index in [1.165, 1.54) is 23.9 Å². The van der Waals surface area contributed by atoms with Crippen molar-refractivity contribution in [2.75, 3.05) is 12.8 Å². The van der Waals surface area contributed by atoms with Crippen LogP contribution in [0.1, 0.15) is 11.6 Å². The number of hydrogen-bond acceptors (Lipinski definition) is 2. The topological polar surface area (TPSA) is 12.0 Å². The molecule has 1 N–H and O–H groups in total. The molecule has 0 saturated heterocycles. The van der Waals surface area contributed by atoms with Gasteiger partial charge in [0, 0.05) is 22.3 Å². The number of nitrogens with one attached hydrogen (secondary N) is 1. The van der Waals surface area contributed by atoms with E-state index in [1.807, 2.05) is 0 Å². The van der Waals surface area contributed by atoms with Gasteiger partial charge in [-0.3, -0.25) is 0 Å². The molecule has 0 fully saturated rings. The second-order valence-electron chi connectivity index (χ2n) is 4.35. The fraction of sp³-hybridized carbons (Fsp3) is 0.200. The average Bonchev–Trinajstić information content (AvgIpc) is 2.49. The molecule has 2 aromatic carbocycles. The van der Waals surface area contributed by atoms with Gasteiger partial charge in [-0.15, -0.1) is 11.8 Å². The van der Waals surface area contributed by atoms with Crippen LogP contribution in [0.5, 0.6) is 0 Å². The van der Waals surface area contributed by atoms with Crippen LogP contribution >= 0.6 is 11.8 Å². The van der Waals surface area contributed by atoms with Crippen molar-refractivity contribution in [3.05, 3.63) is 65.2 Å². The molecule has 21 heavy (non-hydrogen) atoms. The van der Waals surface area contributed by atoms with E-state index in [0.29, 0.717) is 4.90 Å². The molecule has 0 aliphatic heterocycles. The van der Waals surface area contributed by atoms with Crippen LogP contribution in [0.15, 0.2) is 41.3 Å². The second-order valence-corrected chi connectivity index (χ2v) is 5.41. The van der Waals surface area contributed by atoms with E-state index in [-0.39, 0.29) is 17.1 Å². The Morgan fingerprint density at radius 3 is 2.33 bits per heavy atom. The first-order chi connectivity index (χ1) is 10.0. The summed E-state index contributed by atoms with van der Waals surface area (Å²) in [6.07, 6.45) is 0. The smallest absolute Gasteiger partial charge is 0.194 e. The normalized spacial score (nSPS) is 12.4. The van der Waals surface area contributed by atoms with Gasteiger partial charge in [0.25, 0.3) is 0 Å². The zero-order valence-corrected chi connectivity index (χ0v) is 12.0. The molecule has 0 aliphatic rings. The fourth-order valence-corrected chi connectivity index (χ4v) is 2.95. The third kappa shape index (κ3) is 3.57. The summed E-state index contributed by atoms with van der Waals surface area (Å²) in [6, 6.07) is 7.71. The van der Waals surface area contributed by atoms with E-state index >= 15 is 0 Å². The van der Waals surface area contributed by atoms with Crippen molar-refractivity contribution in [2.24, 2.45) is 0 Å². The maximum atomic E-state index is 13.8. The Balaban J connectivity index is 2.18. The van der Waals surface area contributed by atoms with Crippen LogP contribution in [0, 0.1) is 23.3 Å². The van der Waals surface area contributed by atoms with Gasteiger partial charge in [-0.05, 0) is 25.2 Å². The Labute approximate surface area is 124 Å². The quantitative estimate of drug-likeness (QED) is 0.502. The Morgan fingerprint density at radius 1 is 0.952 bits per heavy atom. The lowest BCUT2D eigenvalue weighted by Crippen LogP contribution is -2.21. The number of rotatable bonds is 5. The molecule has 0 aromatic heterocycles. The van der Waals surface area contributed by atoms with Gasteiger partial charge in [0.05, 0.1) is 0 Å². The van der Waals surface area contributed by atoms with E-state index in [1.54, 1.807) is 25.2 Å². The van der Waals surface area contributed by atoms with Crippen LogP contribution in [0.2, 0.25) is 0 Å². The van der Waals surface area contributed by atoms with Gasteiger partial charge in [0.15, 0.2) is 17.5 Å². The van der Waals surface area contributed by atoms with Gasteiger partial charge < -0.3 is 5.32 Å². The first-order valence-electron chi connectivity index (χ1n) is 6.22. The van der Waals surface area contributed by atoms with E-state index in [4.69, 9.17) is 0 Å². The molecule has 2 rings (SSSR count). The molecule has 2 aromatic rings. The minimum Gasteiger partial charge on any atom is -0.312 e. The third-order valence-electron chi connectivity index (χ3n) is 3.03. The van der Waals surface area contributed by atoms with E-state index < -0.39 is 23.5 Å². The van der Waals surface area contributed by atoms with Gasteiger partial charge >= 0.3 is 0 Å². The number of benzene rings is 2. The molecule has 0 spiro atoms. The molecule has 0 radical (unpaired) electrons. The first kappa shape index (κ1) is 15.9. The van der Waals surface area contributed by atoms with E-state index in [9.17, 15) is 17.6 Å². The highest BCUT2D eigenvalue weighted by molar-refractivity contribution is 7.99. The summed E-state index contributed by atoms with van der Waals surface area (Å²) in [7, 11) is 1.58. The summed E-state index contributed by atoms with van der Waals surface area (Å²) in [5, 5.41) is 2.82. The average molecular weight is 315 g/mol. The standard InChI is InChI=1S/C15H13F4NS/c1-20-12(8-21-13-5-3-2-4-10(13)16)9-6-7-11(17)15(19)14(9)18/h2-7,12,20H,8H2,1H3. The molecule has 0 saturated carbocycles. The van der Waals surface area contributed by atoms with Gasteiger partial charge in [0.2, 0.25) is 0 Å². The second kappa shape index (κ2) is 6.95. The molecule has 1 atom stereocenters. The van der Waals surface area contributed by atoms with Crippen molar-refractivity contribution in [2.45, 2.75) is 10.9 Å². The summed E-state index contributed by atoms with van der Waals surface area (Å²) in [4.78, 5) is 0.417. The van der Waals surface area contributed by atoms with Gasteiger partial charge in [0.1, 0.15) is 5.82 Å². The van der Waals surface area contributed by atoms with Crippen LogP contribution in [0.3, 0.4) is 0 Å². The lowest BCUT2D eigenvalue weighted by Gasteiger charge is -2.17. The highest BCUT2D eigenvalue weighted by atomic mass is 32.2. The summed E-state index contributed by atoms with van der Waals surface area (Å²) in [6.45, 7) is 0. The molecule has 1 unspecified atom stereocenters. The zero-order valence-electron chi connectivity index (χ0n) is 11.2. The molecule has 0 aliphatic carbocycles. The van der Waals surface area contributed by atoms with Gasteiger partial charge in [-0.25, -0.2) is 17.6 Å². The molecule has 6 heteroatoms. The van der Waals surface area contributed by atoms with Crippen molar-refractivity contribution in [1.29, 1.82) is 0 Å². The number of halogens is 4. The minimum atomic E-state index is -1.50. The van der Waals surface area contributed by atoms with Crippen LogP contribution in [-0.2, 0) is 0 Å². The van der Waals surface area contributed by atoms with Crippen LogP contribution < -0.4 is 5.32 Å². The highest BCUT2D eigenvalue weighted by Gasteiger charge is 2.20. The number of thioether (sulfide) groups is 1.